The van der Waals surface area contributed by atoms with Crippen LogP contribution in [0.4, 0.5) is 10.1 Å². The topological polar surface area (TPSA) is 63.7 Å². The maximum absolute atomic E-state index is 14.2. The summed E-state index contributed by atoms with van der Waals surface area (Å²) in [5.41, 5.74) is 0.905. The summed E-state index contributed by atoms with van der Waals surface area (Å²) in [6.45, 7) is 2.25. The molecule has 7 heteroatoms. The predicted octanol–water partition coefficient (Wildman–Crippen LogP) is 2.57. The highest BCUT2D eigenvalue weighted by Crippen LogP contribution is 2.39. The van der Waals surface area contributed by atoms with E-state index in [1.165, 1.54) is 6.20 Å². The van der Waals surface area contributed by atoms with Gasteiger partial charge in [0, 0.05) is 38.5 Å². The predicted molar refractivity (Wildman–Crippen MR) is 108 cm³/mol. The lowest BCUT2D eigenvalue weighted by Crippen LogP contribution is -2.65. The Kier molecular flexibility index (Phi) is 5.67. The fourth-order valence-corrected chi connectivity index (χ4v) is 4.17. The van der Waals surface area contributed by atoms with Gasteiger partial charge in [-0.15, -0.1) is 0 Å². The molecule has 3 heterocycles. The first kappa shape index (κ1) is 19.6. The van der Waals surface area contributed by atoms with Gasteiger partial charge in [-0.3, -0.25) is 9.78 Å². The van der Waals surface area contributed by atoms with Gasteiger partial charge >= 0.3 is 0 Å². The number of nitrogens with zero attached hydrogens (tertiary/aromatic N) is 2. The van der Waals surface area contributed by atoms with Crippen molar-refractivity contribution in [3.63, 3.8) is 0 Å². The number of ether oxygens (including phenoxy) is 2. The van der Waals surface area contributed by atoms with E-state index in [2.05, 4.69) is 10.3 Å². The Morgan fingerprint density at radius 2 is 2.14 bits per heavy atom. The van der Waals surface area contributed by atoms with Crippen molar-refractivity contribution in [2.75, 3.05) is 38.3 Å². The van der Waals surface area contributed by atoms with Gasteiger partial charge in [-0.2, -0.15) is 0 Å². The highest BCUT2D eigenvalue weighted by Gasteiger charge is 2.50. The number of anilines is 1. The van der Waals surface area contributed by atoms with Gasteiger partial charge in [0.1, 0.15) is 5.75 Å². The van der Waals surface area contributed by atoms with Crippen molar-refractivity contribution in [1.29, 1.82) is 0 Å². The van der Waals surface area contributed by atoms with E-state index in [0.717, 1.165) is 24.2 Å². The van der Waals surface area contributed by atoms with E-state index in [1.54, 1.807) is 19.4 Å². The van der Waals surface area contributed by atoms with Crippen molar-refractivity contribution in [3.8, 4) is 5.75 Å². The van der Waals surface area contributed by atoms with Crippen LogP contribution in [0.2, 0.25) is 0 Å². The highest BCUT2D eigenvalue weighted by atomic mass is 19.1. The molecule has 0 aliphatic carbocycles. The van der Waals surface area contributed by atoms with Gasteiger partial charge in [-0.25, -0.2) is 4.39 Å². The second-order valence-corrected chi connectivity index (χ2v) is 7.85. The summed E-state index contributed by atoms with van der Waals surface area (Å²) in [5.74, 6) is 0.420. The van der Waals surface area contributed by atoms with Gasteiger partial charge in [0.2, 0.25) is 5.91 Å². The molecule has 4 rings (SSSR count). The van der Waals surface area contributed by atoms with Crippen LogP contribution in [0.15, 0.2) is 42.7 Å². The van der Waals surface area contributed by atoms with E-state index in [9.17, 15) is 9.18 Å². The smallest absolute Gasteiger partial charge is 0.230 e. The Bertz CT molecular complexity index is 864. The molecule has 0 saturated carbocycles. The molecule has 0 unspecified atom stereocenters. The lowest BCUT2D eigenvalue weighted by molar-refractivity contribution is -0.134. The summed E-state index contributed by atoms with van der Waals surface area (Å²) in [7, 11) is 1.63. The molecule has 2 aliphatic rings. The highest BCUT2D eigenvalue weighted by molar-refractivity contribution is 5.87. The van der Waals surface area contributed by atoms with Crippen molar-refractivity contribution < 1.29 is 18.7 Å². The summed E-state index contributed by atoms with van der Waals surface area (Å²) in [6.07, 6.45) is 5.00. The molecule has 0 spiro atoms. The Labute approximate surface area is 170 Å². The Morgan fingerprint density at radius 3 is 2.86 bits per heavy atom. The molecular formula is C22H26FN3O3. The third-order valence-corrected chi connectivity index (χ3v) is 5.79. The largest absolute Gasteiger partial charge is 0.497 e. The molecule has 154 valence electrons. The second kappa shape index (κ2) is 8.37. The first-order valence-corrected chi connectivity index (χ1v) is 9.96. The zero-order chi connectivity index (χ0) is 20.3. The number of aromatic nitrogens is 1. The van der Waals surface area contributed by atoms with E-state index in [4.69, 9.17) is 9.47 Å². The van der Waals surface area contributed by atoms with Gasteiger partial charge in [0.15, 0.2) is 5.82 Å². The molecule has 2 fully saturated rings. The summed E-state index contributed by atoms with van der Waals surface area (Å²) >= 11 is 0. The maximum atomic E-state index is 14.2. The van der Waals surface area contributed by atoms with Crippen molar-refractivity contribution in [3.05, 3.63) is 54.1 Å². The SMILES string of the molecule is COc1cccc(CC2(C(=O)NC3CCOCC3)CN(c3ccncc3F)C2)c1. The van der Waals surface area contributed by atoms with Crippen LogP contribution in [0.25, 0.3) is 0 Å². The fraction of sp³-hybridized carbons (Fsp3) is 0.455. The molecule has 1 aromatic heterocycles. The van der Waals surface area contributed by atoms with Gasteiger partial charge < -0.3 is 19.7 Å². The molecular weight excluding hydrogens is 373 g/mol. The van der Waals surface area contributed by atoms with Crippen LogP contribution >= 0.6 is 0 Å². The van der Waals surface area contributed by atoms with Crippen LogP contribution in [-0.2, 0) is 16.0 Å². The van der Waals surface area contributed by atoms with E-state index in [1.807, 2.05) is 29.2 Å². The number of hydrogen-bond acceptors (Lipinski definition) is 5. The number of carbonyl (C=O) groups is 1. The third kappa shape index (κ3) is 4.19. The average molecular weight is 399 g/mol. The minimum Gasteiger partial charge on any atom is -0.497 e. The molecule has 1 N–H and O–H groups in total. The standard InChI is InChI=1S/C22H26FN3O3/c1-28-18-4-2-3-16(11-18)12-22(21(27)25-17-6-9-29-10-7-17)14-26(15-22)20-5-8-24-13-19(20)23/h2-5,8,11,13,17H,6-7,9-10,12,14-15H2,1H3,(H,25,27). The van der Waals surface area contributed by atoms with Crippen LogP contribution in [0.5, 0.6) is 5.75 Å². The first-order valence-electron chi connectivity index (χ1n) is 9.96. The number of benzene rings is 1. The number of methoxy groups -OCH3 is 1. The van der Waals surface area contributed by atoms with Crippen LogP contribution < -0.4 is 15.0 Å². The molecule has 2 saturated heterocycles. The molecule has 1 amide bonds. The lowest BCUT2D eigenvalue weighted by Gasteiger charge is -2.50. The van der Waals surface area contributed by atoms with Crippen LogP contribution in [0.1, 0.15) is 18.4 Å². The molecule has 0 atom stereocenters. The Morgan fingerprint density at radius 1 is 1.34 bits per heavy atom. The number of pyridine rings is 1. The van der Waals surface area contributed by atoms with E-state index in [-0.39, 0.29) is 17.8 Å². The molecule has 2 aliphatic heterocycles. The summed E-state index contributed by atoms with van der Waals surface area (Å²) < 4.78 is 24.9. The van der Waals surface area contributed by atoms with Crippen LogP contribution in [0.3, 0.4) is 0 Å². The van der Waals surface area contributed by atoms with E-state index in [0.29, 0.717) is 38.4 Å². The zero-order valence-electron chi connectivity index (χ0n) is 16.6. The van der Waals surface area contributed by atoms with Crippen molar-refractivity contribution in [2.45, 2.75) is 25.3 Å². The van der Waals surface area contributed by atoms with Gasteiger partial charge in [-0.1, -0.05) is 12.1 Å². The minimum atomic E-state index is -0.611. The number of nitrogens with one attached hydrogen (secondary N) is 1. The average Bonchev–Trinajstić information content (AvgIpc) is 2.72. The molecule has 29 heavy (non-hydrogen) atoms. The van der Waals surface area contributed by atoms with Crippen molar-refractivity contribution in [1.82, 2.24) is 10.3 Å². The lowest BCUT2D eigenvalue weighted by atomic mass is 9.73. The molecule has 0 radical (unpaired) electrons. The summed E-state index contributed by atoms with van der Waals surface area (Å²) in [4.78, 5) is 19.0. The van der Waals surface area contributed by atoms with Gasteiger partial charge in [0.05, 0.1) is 24.4 Å². The fourth-order valence-electron chi connectivity index (χ4n) is 4.17. The monoisotopic (exact) mass is 399 g/mol. The Balaban J connectivity index is 1.54. The number of carbonyl (C=O) groups excluding carboxylic acids is 1. The summed E-state index contributed by atoms with van der Waals surface area (Å²) in [6, 6.07) is 9.56. The number of rotatable bonds is 6. The van der Waals surface area contributed by atoms with Gasteiger partial charge in [0.25, 0.3) is 0 Å². The Hall–Kier alpha value is -2.67. The molecule has 0 bridgehead atoms. The van der Waals surface area contributed by atoms with Crippen LogP contribution in [-0.4, -0.2) is 50.3 Å². The normalized spacial score (nSPS) is 18.8. The molecule has 1 aromatic carbocycles. The number of halogens is 1. The summed E-state index contributed by atoms with van der Waals surface area (Å²) in [5, 5.41) is 3.21. The van der Waals surface area contributed by atoms with Crippen LogP contribution in [0, 0.1) is 11.2 Å². The van der Waals surface area contributed by atoms with E-state index >= 15 is 0 Å². The second-order valence-electron chi connectivity index (χ2n) is 7.85. The van der Waals surface area contributed by atoms with Crippen molar-refractivity contribution in [2.24, 2.45) is 5.41 Å². The zero-order valence-corrected chi connectivity index (χ0v) is 16.6. The quantitative estimate of drug-likeness (QED) is 0.809. The minimum absolute atomic E-state index is 0.0259. The van der Waals surface area contributed by atoms with Gasteiger partial charge in [-0.05, 0) is 43.0 Å². The third-order valence-electron chi connectivity index (χ3n) is 5.79. The first-order chi connectivity index (χ1) is 14.1. The van der Waals surface area contributed by atoms with Crippen molar-refractivity contribution >= 4 is 11.6 Å². The maximum Gasteiger partial charge on any atom is 0.230 e. The molecule has 6 nitrogen and oxygen atoms in total. The van der Waals surface area contributed by atoms with E-state index < -0.39 is 5.41 Å². The molecule has 2 aromatic rings. The number of amides is 1. The number of hydrogen-bond donors (Lipinski definition) is 1.